The number of hydrogen-bond donors (Lipinski definition) is 2. The van der Waals surface area contributed by atoms with Crippen LogP contribution in [-0.4, -0.2) is 41.7 Å². The normalized spacial score (nSPS) is 14.7. The van der Waals surface area contributed by atoms with E-state index < -0.39 is 24.4 Å². The molecule has 0 unspecified atom stereocenters. The zero-order valence-corrected chi connectivity index (χ0v) is 20.1. The molecule has 2 aromatic carbocycles. The lowest BCUT2D eigenvalue weighted by Gasteiger charge is -2.29. The Balaban J connectivity index is 2.08. The molecule has 1 fully saturated rings. The van der Waals surface area contributed by atoms with Gasteiger partial charge in [-0.1, -0.05) is 35.3 Å². The summed E-state index contributed by atoms with van der Waals surface area (Å²) in [5.41, 5.74) is 0.990. The van der Waals surface area contributed by atoms with Crippen LogP contribution in [0.4, 0.5) is 5.69 Å². The number of nitrogens with zero attached hydrogens (tertiary/aromatic N) is 1. The molecule has 0 spiro atoms. The predicted octanol–water partition coefficient (Wildman–Crippen LogP) is 4.03. The topological polar surface area (TPSA) is 105 Å². The molecular formula is C23H18Cl2N2O6S. The number of anilines is 1. The summed E-state index contributed by atoms with van der Waals surface area (Å²) in [6.07, 6.45) is 3.27. The molecule has 0 bridgehead atoms. The Morgan fingerprint density at radius 3 is 2.68 bits per heavy atom. The van der Waals surface area contributed by atoms with Crippen LogP contribution in [0, 0.1) is 0 Å². The Bertz CT molecular complexity index is 1240. The van der Waals surface area contributed by atoms with Gasteiger partial charge in [-0.15, -0.1) is 6.58 Å². The molecular weight excluding hydrogens is 503 g/mol. The number of rotatable bonds is 8. The van der Waals surface area contributed by atoms with E-state index in [1.165, 1.54) is 19.3 Å². The number of benzene rings is 2. The SMILES string of the molecule is C=CCc1cc(/C=C2\C(=O)NC(=S)N(c3cccc(Cl)c3Cl)C2=O)cc(OC)c1OCC(=O)O. The summed E-state index contributed by atoms with van der Waals surface area (Å²) in [5.74, 6) is -2.10. The summed E-state index contributed by atoms with van der Waals surface area (Å²) in [5, 5.41) is 11.6. The third kappa shape index (κ3) is 5.22. The zero-order valence-electron chi connectivity index (χ0n) is 17.8. The average molecular weight is 521 g/mol. The van der Waals surface area contributed by atoms with Gasteiger partial charge >= 0.3 is 5.97 Å². The van der Waals surface area contributed by atoms with E-state index in [1.54, 1.807) is 30.3 Å². The highest BCUT2D eigenvalue weighted by Gasteiger charge is 2.35. The molecule has 0 atom stereocenters. The van der Waals surface area contributed by atoms with Gasteiger partial charge in [-0.25, -0.2) is 4.79 Å². The van der Waals surface area contributed by atoms with Gasteiger partial charge in [0.25, 0.3) is 11.8 Å². The first-order valence-corrected chi connectivity index (χ1v) is 10.9. The van der Waals surface area contributed by atoms with E-state index in [0.29, 0.717) is 17.5 Å². The highest BCUT2D eigenvalue weighted by atomic mass is 35.5. The fourth-order valence-corrected chi connectivity index (χ4v) is 3.89. The summed E-state index contributed by atoms with van der Waals surface area (Å²) >= 11 is 17.5. The molecule has 3 rings (SSSR count). The van der Waals surface area contributed by atoms with Crippen molar-refractivity contribution in [2.24, 2.45) is 0 Å². The van der Waals surface area contributed by atoms with Crippen LogP contribution in [0.3, 0.4) is 0 Å². The summed E-state index contributed by atoms with van der Waals surface area (Å²) < 4.78 is 10.7. The van der Waals surface area contributed by atoms with Crippen molar-refractivity contribution in [1.29, 1.82) is 0 Å². The number of carbonyl (C=O) groups excluding carboxylic acids is 2. The van der Waals surface area contributed by atoms with Crippen LogP contribution in [0.1, 0.15) is 11.1 Å². The smallest absolute Gasteiger partial charge is 0.341 e. The van der Waals surface area contributed by atoms with Crippen LogP contribution in [-0.2, 0) is 20.8 Å². The highest BCUT2D eigenvalue weighted by molar-refractivity contribution is 7.80. The second-order valence-electron chi connectivity index (χ2n) is 6.92. The Labute approximate surface area is 210 Å². The maximum absolute atomic E-state index is 13.3. The largest absolute Gasteiger partial charge is 0.493 e. The molecule has 0 aromatic heterocycles. The number of nitrogens with one attached hydrogen (secondary N) is 1. The molecule has 2 aromatic rings. The van der Waals surface area contributed by atoms with Crippen LogP contribution in [0.5, 0.6) is 11.5 Å². The van der Waals surface area contributed by atoms with Gasteiger partial charge < -0.3 is 14.6 Å². The number of allylic oxidation sites excluding steroid dienone is 1. The number of carboxylic acids is 1. The first-order chi connectivity index (χ1) is 16.2. The molecule has 0 saturated carbocycles. The lowest BCUT2D eigenvalue weighted by atomic mass is 10.0. The molecule has 34 heavy (non-hydrogen) atoms. The van der Waals surface area contributed by atoms with Gasteiger partial charge in [-0.3, -0.25) is 19.8 Å². The third-order valence-electron chi connectivity index (χ3n) is 4.66. The van der Waals surface area contributed by atoms with Gasteiger partial charge in [-0.2, -0.15) is 0 Å². The van der Waals surface area contributed by atoms with E-state index in [1.807, 2.05) is 0 Å². The minimum Gasteiger partial charge on any atom is -0.493 e. The molecule has 11 heteroatoms. The quantitative estimate of drug-likeness (QED) is 0.234. The third-order valence-corrected chi connectivity index (χ3v) is 5.76. The first-order valence-electron chi connectivity index (χ1n) is 9.69. The van der Waals surface area contributed by atoms with Crippen molar-refractivity contribution >= 4 is 70.1 Å². The second kappa shape index (κ2) is 10.7. The van der Waals surface area contributed by atoms with Gasteiger partial charge in [-0.05, 0) is 54.5 Å². The van der Waals surface area contributed by atoms with Gasteiger partial charge in [0.1, 0.15) is 5.57 Å². The van der Waals surface area contributed by atoms with Gasteiger partial charge in [0.15, 0.2) is 23.2 Å². The maximum atomic E-state index is 13.3. The minimum absolute atomic E-state index is 0.102. The fourth-order valence-electron chi connectivity index (χ4n) is 3.23. The monoisotopic (exact) mass is 520 g/mol. The molecule has 0 radical (unpaired) electrons. The Morgan fingerprint density at radius 1 is 1.29 bits per heavy atom. The summed E-state index contributed by atoms with van der Waals surface area (Å²) in [4.78, 5) is 38.0. The molecule has 1 aliphatic rings. The average Bonchev–Trinajstić information content (AvgIpc) is 2.78. The molecule has 176 valence electrons. The van der Waals surface area contributed by atoms with Gasteiger partial charge in [0.05, 0.1) is 22.8 Å². The Hall–Kier alpha value is -3.40. The number of hydrogen-bond acceptors (Lipinski definition) is 6. The molecule has 1 saturated heterocycles. The lowest BCUT2D eigenvalue weighted by Crippen LogP contribution is -2.54. The standard InChI is InChI=1S/C23H18Cl2N2O6S/c1-3-5-13-8-12(10-17(32-2)20(13)33-11-18(28)29)9-14-21(30)26-23(34)27(22(14)31)16-7-4-6-15(24)19(16)25/h3-4,6-10H,1,5,11H2,2H3,(H,28,29)(H,26,30,34)/b14-9+. The summed E-state index contributed by atoms with van der Waals surface area (Å²) in [6, 6.07) is 7.86. The van der Waals surface area contributed by atoms with Gasteiger partial charge in [0.2, 0.25) is 0 Å². The number of amides is 2. The lowest BCUT2D eigenvalue weighted by molar-refractivity contribution is -0.139. The van der Waals surface area contributed by atoms with Crippen molar-refractivity contribution in [1.82, 2.24) is 5.32 Å². The number of halogens is 2. The molecule has 1 heterocycles. The molecule has 8 nitrogen and oxygen atoms in total. The number of methoxy groups -OCH3 is 1. The highest BCUT2D eigenvalue weighted by Crippen LogP contribution is 2.36. The van der Waals surface area contributed by atoms with Crippen molar-refractivity contribution in [3.8, 4) is 11.5 Å². The van der Waals surface area contributed by atoms with Crippen molar-refractivity contribution in [2.45, 2.75) is 6.42 Å². The van der Waals surface area contributed by atoms with Crippen molar-refractivity contribution in [3.63, 3.8) is 0 Å². The van der Waals surface area contributed by atoms with E-state index in [2.05, 4.69) is 11.9 Å². The van der Waals surface area contributed by atoms with Crippen LogP contribution in [0.25, 0.3) is 6.08 Å². The summed E-state index contributed by atoms with van der Waals surface area (Å²) in [7, 11) is 1.39. The summed E-state index contributed by atoms with van der Waals surface area (Å²) in [6.45, 7) is 3.12. The van der Waals surface area contributed by atoms with E-state index in [0.717, 1.165) is 4.90 Å². The van der Waals surface area contributed by atoms with Crippen LogP contribution < -0.4 is 19.7 Å². The number of thiocarbonyl (C=S) groups is 1. The second-order valence-corrected chi connectivity index (χ2v) is 8.09. The van der Waals surface area contributed by atoms with Crippen molar-refractivity contribution in [3.05, 3.63) is 69.7 Å². The number of carbonyl (C=O) groups is 3. The van der Waals surface area contributed by atoms with E-state index >= 15 is 0 Å². The Kier molecular flexibility index (Phi) is 7.93. The van der Waals surface area contributed by atoms with Gasteiger partial charge in [0, 0.05) is 5.56 Å². The number of carboxylic acid groups (broad SMARTS) is 1. The molecule has 2 amide bonds. The number of ether oxygens (including phenoxy) is 2. The molecule has 0 aliphatic carbocycles. The predicted molar refractivity (Wildman–Crippen MR) is 133 cm³/mol. The van der Waals surface area contributed by atoms with Crippen molar-refractivity contribution < 1.29 is 29.0 Å². The Morgan fingerprint density at radius 2 is 2.03 bits per heavy atom. The minimum atomic E-state index is -1.15. The maximum Gasteiger partial charge on any atom is 0.341 e. The fraction of sp³-hybridized carbons (Fsp3) is 0.130. The number of aliphatic carboxylic acids is 1. The molecule has 1 aliphatic heterocycles. The molecule has 2 N–H and O–H groups in total. The van der Waals surface area contributed by atoms with E-state index in [-0.39, 0.29) is 37.9 Å². The van der Waals surface area contributed by atoms with Crippen LogP contribution >= 0.6 is 35.4 Å². The first kappa shape index (κ1) is 25.2. The van der Waals surface area contributed by atoms with Crippen molar-refractivity contribution in [2.75, 3.05) is 18.6 Å². The van der Waals surface area contributed by atoms with Crippen LogP contribution in [0.2, 0.25) is 10.0 Å². The zero-order chi connectivity index (χ0) is 25.0. The van der Waals surface area contributed by atoms with E-state index in [4.69, 9.17) is 50.0 Å². The van der Waals surface area contributed by atoms with E-state index in [9.17, 15) is 14.4 Å². The van der Waals surface area contributed by atoms with Crippen LogP contribution in [0.15, 0.2) is 48.6 Å².